The van der Waals surface area contributed by atoms with Gasteiger partial charge in [0.05, 0.1) is 17.7 Å². The predicted octanol–water partition coefficient (Wildman–Crippen LogP) is 2.91. The van der Waals surface area contributed by atoms with Crippen LogP contribution >= 0.6 is 11.3 Å². The molecule has 3 rings (SSSR count). The number of fused-ring (bicyclic) bond motifs is 1. The molecule has 0 bridgehead atoms. The first-order valence-electron chi connectivity index (χ1n) is 7.80. The Morgan fingerprint density at radius 1 is 1.04 bits per heavy atom. The fraction of sp³-hybridized carbons (Fsp3) is 0.278. The molecule has 0 N–H and O–H groups in total. The summed E-state index contributed by atoms with van der Waals surface area (Å²) < 4.78 is 5.14. The van der Waals surface area contributed by atoms with E-state index in [2.05, 4.69) is 0 Å². The van der Waals surface area contributed by atoms with Crippen molar-refractivity contribution in [2.24, 2.45) is 0 Å². The number of amides is 2. The molecule has 0 saturated carbocycles. The van der Waals surface area contributed by atoms with Gasteiger partial charge in [-0.3, -0.25) is 19.3 Å². The van der Waals surface area contributed by atoms with Crippen molar-refractivity contribution in [3.05, 3.63) is 57.8 Å². The van der Waals surface area contributed by atoms with Crippen molar-refractivity contribution in [3.8, 4) is 0 Å². The molecule has 5 nitrogen and oxygen atoms in total. The second-order valence-corrected chi connectivity index (χ2v) is 6.49. The van der Waals surface area contributed by atoms with Gasteiger partial charge in [-0.2, -0.15) is 0 Å². The molecule has 1 aliphatic rings. The lowest BCUT2D eigenvalue weighted by Crippen LogP contribution is -2.33. The number of aryl methyl sites for hydroxylation is 1. The number of nitrogens with zero attached hydrogens (tertiary/aromatic N) is 1. The van der Waals surface area contributed by atoms with Crippen molar-refractivity contribution >= 4 is 29.1 Å². The number of thiophene rings is 1. The van der Waals surface area contributed by atoms with Crippen molar-refractivity contribution in [2.45, 2.75) is 19.3 Å². The van der Waals surface area contributed by atoms with Gasteiger partial charge in [-0.05, 0) is 36.4 Å². The standard InChI is InChI=1S/C18H17NO4S/c20-16(9-3-5-13-6-4-12-24-13)23-11-10-19-17(21)14-7-1-2-8-15(14)18(19)22/h1-2,4,6-8,12H,3,5,9-11H2. The Morgan fingerprint density at radius 2 is 1.75 bits per heavy atom. The Morgan fingerprint density at radius 3 is 2.38 bits per heavy atom. The van der Waals surface area contributed by atoms with Gasteiger partial charge in [-0.1, -0.05) is 18.2 Å². The zero-order chi connectivity index (χ0) is 16.9. The van der Waals surface area contributed by atoms with E-state index in [1.54, 1.807) is 35.6 Å². The molecule has 124 valence electrons. The first-order valence-corrected chi connectivity index (χ1v) is 8.68. The Kier molecular flexibility index (Phi) is 5.05. The van der Waals surface area contributed by atoms with Crippen LogP contribution in [0, 0.1) is 0 Å². The number of imide groups is 1. The molecule has 24 heavy (non-hydrogen) atoms. The largest absolute Gasteiger partial charge is 0.464 e. The van der Waals surface area contributed by atoms with Gasteiger partial charge in [0.1, 0.15) is 6.61 Å². The average Bonchev–Trinajstić information content (AvgIpc) is 3.18. The summed E-state index contributed by atoms with van der Waals surface area (Å²) in [6.07, 6.45) is 1.91. The van der Waals surface area contributed by atoms with Crippen LogP contribution in [0.25, 0.3) is 0 Å². The van der Waals surface area contributed by atoms with Crippen LogP contribution in [-0.4, -0.2) is 35.8 Å². The molecule has 1 aromatic heterocycles. The molecule has 0 fully saturated rings. The highest BCUT2D eigenvalue weighted by Crippen LogP contribution is 2.22. The lowest BCUT2D eigenvalue weighted by Gasteiger charge is -2.13. The Labute approximate surface area is 143 Å². The van der Waals surface area contributed by atoms with Crippen LogP contribution in [0.5, 0.6) is 0 Å². The van der Waals surface area contributed by atoms with Crippen molar-refractivity contribution in [1.82, 2.24) is 4.90 Å². The molecule has 2 aromatic rings. The minimum atomic E-state index is -0.329. The van der Waals surface area contributed by atoms with Crippen molar-refractivity contribution in [3.63, 3.8) is 0 Å². The van der Waals surface area contributed by atoms with E-state index in [1.165, 1.54) is 4.88 Å². The van der Waals surface area contributed by atoms with Gasteiger partial charge in [0.15, 0.2) is 0 Å². The topological polar surface area (TPSA) is 63.7 Å². The van der Waals surface area contributed by atoms with Gasteiger partial charge < -0.3 is 4.74 Å². The van der Waals surface area contributed by atoms with E-state index in [0.29, 0.717) is 17.5 Å². The number of benzene rings is 1. The Bertz CT molecular complexity index is 719. The van der Waals surface area contributed by atoms with Crippen LogP contribution in [-0.2, 0) is 16.0 Å². The maximum atomic E-state index is 12.2. The molecule has 2 amide bonds. The van der Waals surface area contributed by atoms with E-state index in [1.807, 2.05) is 17.5 Å². The zero-order valence-corrected chi connectivity index (χ0v) is 13.9. The van der Waals surface area contributed by atoms with Gasteiger partial charge >= 0.3 is 5.97 Å². The highest BCUT2D eigenvalue weighted by molar-refractivity contribution is 7.09. The van der Waals surface area contributed by atoms with Gasteiger partial charge in [0, 0.05) is 11.3 Å². The number of hydrogen-bond donors (Lipinski definition) is 0. The summed E-state index contributed by atoms with van der Waals surface area (Å²) >= 11 is 1.67. The van der Waals surface area contributed by atoms with Gasteiger partial charge in [-0.25, -0.2) is 0 Å². The molecule has 1 aromatic carbocycles. The molecule has 0 spiro atoms. The van der Waals surface area contributed by atoms with Crippen LogP contribution in [0.4, 0.5) is 0 Å². The molecule has 0 atom stereocenters. The third-order valence-electron chi connectivity index (χ3n) is 3.84. The summed E-state index contributed by atoms with van der Waals surface area (Å²) in [6, 6.07) is 10.7. The van der Waals surface area contributed by atoms with E-state index in [0.717, 1.165) is 17.7 Å². The molecule has 0 saturated heterocycles. The first kappa shape index (κ1) is 16.4. The van der Waals surface area contributed by atoms with Crippen molar-refractivity contribution in [2.75, 3.05) is 13.2 Å². The van der Waals surface area contributed by atoms with E-state index >= 15 is 0 Å². The SMILES string of the molecule is O=C(CCCc1cccs1)OCCN1C(=O)c2ccccc2C1=O. The summed E-state index contributed by atoms with van der Waals surface area (Å²) in [5.41, 5.74) is 0.814. The predicted molar refractivity (Wildman–Crippen MR) is 90.0 cm³/mol. The number of carbonyl (C=O) groups excluding carboxylic acids is 3. The highest BCUT2D eigenvalue weighted by Gasteiger charge is 2.34. The molecule has 0 aliphatic carbocycles. The fourth-order valence-electron chi connectivity index (χ4n) is 2.63. The summed E-state index contributed by atoms with van der Waals surface area (Å²) in [5, 5.41) is 2.01. The maximum Gasteiger partial charge on any atom is 0.305 e. The second kappa shape index (κ2) is 7.40. The number of ether oxygens (including phenoxy) is 1. The van der Waals surface area contributed by atoms with E-state index < -0.39 is 0 Å². The second-order valence-electron chi connectivity index (χ2n) is 5.46. The monoisotopic (exact) mass is 343 g/mol. The molecule has 0 unspecified atom stereocenters. The lowest BCUT2D eigenvalue weighted by atomic mass is 10.1. The number of rotatable bonds is 7. The van der Waals surface area contributed by atoms with Crippen molar-refractivity contribution in [1.29, 1.82) is 0 Å². The smallest absolute Gasteiger partial charge is 0.305 e. The minimum absolute atomic E-state index is 0.0311. The molecular formula is C18H17NO4S. The molecule has 0 radical (unpaired) electrons. The number of carbonyl (C=O) groups is 3. The average molecular weight is 343 g/mol. The zero-order valence-electron chi connectivity index (χ0n) is 13.1. The van der Waals surface area contributed by atoms with Crippen LogP contribution in [0.1, 0.15) is 38.4 Å². The fourth-order valence-corrected chi connectivity index (χ4v) is 3.38. The quantitative estimate of drug-likeness (QED) is 0.573. The summed E-state index contributed by atoms with van der Waals surface area (Å²) in [7, 11) is 0. The van der Waals surface area contributed by atoms with Gasteiger partial charge in [-0.15, -0.1) is 11.3 Å². The van der Waals surface area contributed by atoms with Crippen LogP contribution < -0.4 is 0 Å². The Balaban J connectivity index is 1.41. The van der Waals surface area contributed by atoms with Crippen molar-refractivity contribution < 1.29 is 19.1 Å². The van der Waals surface area contributed by atoms with E-state index in [-0.39, 0.29) is 30.9 Å². The lowest BCUT2D eigenvalue weighted by molar-refractivity contribution is -0.143. The molecule has 1 aliphatic heterocycles. The maximum absolute atomic E-state index is 12.2. The summed E-state index contributed by atoms with van der Waals surface area (Å²) in [6.45, 7) is 0.117. The summed E-state index contributed by atoms with van der Waals surface area (Å²) in [5.74, 6) is -0.961. The van der Waals surface area contributed by atoms with Gasteiger partial charge in [0.2, 0.25) is 0 Å². The number of esters is 1. The molecule has 2 heterocycles. The first-order chi connectivity index (χ1) is 11.7. The normalized spacial score (nSPS) is 13.2. The van der Waals surface area contributed by atoms with E-state index in [9.17, 15) is 14.4 Å². The molecule has 6 heteroatoms. The Hall–Kier alpha value is -2.47. The van der Waals surface area contributed by atoms with Crippen LogP contribution in [0.2, 0.25) is 0 Å². The van der Waals surface area contributed by atoms with Crippen LogP contribution in [0.3, 0.4) is 0 Å². The third-order valence-corrected chi connectivity index (χ3v) is 4.78. The minimum Gasteiger partial charge on any atom is -0.464 e. The van der Waals surface area contributed by atoms with Crippen LogP contribution in [0.15, 0.2) is 41.8 Å². The molecular weight excluding hydrogens is 326 g/mol. The highest BCUT2D eigenvalue weighted by atomic mass is 32.1. The van der Waals surface area contributed by atoms with E-state index in [4.69, 9.17) is 4.74 Å². The summed E-state index contributed by atoms with van der Waals surface area (Å²) in [4.78, 5) is 38.4. The van der Waals surface area contributed by atoms with Gasteiger partial charge in [0.25, 0.3) is 11.8 Å². The third kappa shape index (κ3) is 3.54. The number of hydrogen-bond acceptors (Lipinski definition) is 5.